The molecule has 0 aliphatic carbocycles. The van der Waals surface area contributed by atoms with Gasteiger partial charge in [-0.15, -0.1) is 0 Å². The van der Waals surface area contributed by atoms with E-state index >= 15 is 0 Å². The van der Waals surface area contributed by atoms with E-state index in [4.69, 9.17) is 30.7 Å². The molecule has 1 amide bonds. The Morgan fingerprint density at radius 3 is 1.00 bits per heavy atom. The number of carboxylic acid groups (broad SMARTS) is 4. The monoisotopic (exact) mass is 759 g/mol. The van der Waals surface area contributed by atoms with Crippen LogP contribution in [0.3, 0.4) is 0 Å². The number of amides is 1. The van der Waals surface area contributed by atoms with Crippen LogP contribution in [0.2, 0.25) is 0 Å². The van der Waals surface area contributed by atoms with Gasteiger partial charge in [-0.1, -0.05) is 0 Å². The molecule has 5 aromatic rings. The molecular formula is C38H33N9O9. The van der Waals surface area contributed by atoms with Crippen LogP contribution in [0.15, 0.2) is 60.7 Å². The number of rotatable bonds is 7. The summed E-state index contributed by atoms with van der Waals surface area (Å²) in [5, 5.41) is 43.2. The number of nitrogens with two attached hydrogens (primary N) is 1. The summed E-state index contributed by atoms with van der Waals surface area (Å²) >= 11 is 0. The van der Waals surface area contributed by atoms with E-state index in [0.29, 0.717) is 11.4 Å². The SMILES string of the molecule is NCCNC(=O)c1cc2nc(c1)CN1Cc3cc(C(=O)O)cc(n3)-c3cc(C(=O)O)cc(n3)CN(C2)Cc2cc(C(=O)O)cc(n2)-c2cc(C(=O)O)cc(n2)C1. The van der Waals surface area contributed by atoms with Crippen LogP contribution in [-0.4, -0.2) is 98.0 Å². The molecule has 0 saturated carbocycles. The van der Waals surface area contributed by atoms with Gasteiger partial charge in [0, 0.05) is 57.9 Å². The second kappa shape index (κ2) is 15.4. The quantitative estimate of drug-likeness (QED) is 0.139. The van der Waals surface area contributed by atoms with Crippen LogP contribution in [0.4, 0.5) is 0 Å². The molecule has 0 unspecified atom stereocenters. The van der Waals surface area contributed by atoms with Crippen molar-refractivity contribution in [3.63, 3.8) is 0 Å². The molecule has 7 N–H and O–H groups in total. The van der Waals surface area contributed by atoms with Gasteiger partial charge in [-0.25, -0.2) is 39.1 Å². The fraction of sp³-hybridized carbons (Fsp3) is 0.211. The van der Waals surface area contributed by atoms with Crippen molar-refractivity contribution in [2.24, 2.45) is 5.73 Å². The maximum atomic E-state index is 13.4. The number of hydrogen-bond acceptors (Lipinski definition) is 13. The molecular weight excluding hydrogens is 726 g/mol. The molecule has 18 heteroatoms. The molecule has 56 heavy (non-hydrogen) atoms. The number of carbonyl (C=O) groups excluding carboxylic acids is 1. The van der Waals surface area contributed by atoms with E-state index < -0.39 is 29.8 Å². The van der Waals surface area contributed by atoms with Gasteiger partial charge in [0.25, 0.3) is 5.91 Å². The third-order valence-electron chi connectivity index (χ3n) is 8.96. The zero-order chi connectivity index (χ0) is 39.7. The van der Waals surface area contributed by atoms with Crippen LogP contribution < -0.4 is 11.1 Å². The van der Waals surface area contributed by atoms with Gasteiger partial charge in [-0.05, 0) is 60.7 Å². The number of nitrogens with one attached hydrogen (secondary N) is 1. The predicted octanol–water partition coefficient (Wildman–Crippen LogP) is 2.51. The van der Waals surface area contributed by atoms with Crippen molar-refractivity contribution >= 4 is 29.8 Å². The van der Waals surface area contributed by atoms with Crippen molar-refractivity contribution in [2.75, 3.05) is 13.1 Å². The minimum Gasteiger partial charge on any atom is -0.478 e. The van der Waals surface area contributed by atoms with Gasteiger partial charge < -0.3 is 31.5 Å². The van der Waals surface area contributed by atoms with Gasteiger partial charge in [0.1, 0.15) is 0 Å². The normalized spacial score (nSPS) is 15.9. The van der Waals surface area contributed by atoms with Crippen molar-refractivity contribution in [1.82, 2.24) is 40.0 Å². The second-order valence-corrected chi connectivity index (χ2v) is 13.3. The van der Waals surface area contributed by atoms with E-state index in [1.54, 1.807) is 21.9 Å². The summed E-state index contributed by atoms with van der Waals surface area (Å²) in [5.74, 6) is -5.48. The number of nitrogens with zero attached hydrogens (tertiary/aromatic N) is 7. The van der Waals surface area contributed by atoms with Crippen LogP contribution in [0, 0.1) is 0 Å². The summed E-state index contributed by atoms with van der Waals surface area (Å²) in [7, 11) is 0. The maximum absolute atomic E-state index is 13.4. The Morgan fingerprint density at radius 2 is 0.732 bits per heavy atom. The van der Waals surface area contributed by atoms with E-state index in [-0.39, 0.29) is 126 Å². The van der Waals surface area contributed by atoms with Gasteiger partial charge >= 0.3 is 23.9 Å². The first kappa shape index (κ1) is 37.3. The summed E-state index contributed by atoms with van der Waals surface area (Å²) in [6, 6.07) is 13.9. The van der Waals surface area contributed by atoms with Crippen molar-refractivity contribution in [3.8, 4) is 22.8 Å². The first-order chi connectivity index (χ1) is 26.8. The van der Waals surface area contributed by atoms with Crippen LogP contribution in [0.1, 0.15) is 86.0 Å². The summed E-state index contributed by atoms with van der Waals surface area (Å²) < 4.78 is 0. The van der Waals surface area contributed by atoms with Gasteiger partial charge in [0.15, 0.2) is 0 Å². The van der Waals surface area contributed by atoms with Crippen molar-refractivity contribution in [2.45, 2.75) is 39.3 Å². The van der Waals surface area contributed by atoms with Crippen LogP contribution >= 0.6 is 0 Å². The third kappa shape index (κ3) is 8.36. The molecule has 0 aromatic carbocycles. The van der Waals surface area contributed by atoms with E-state index in [9.17, 15) is 44.4 Å². The summed E-state index contributed by atoms with van der Waals surface area (Å²) in [4.78, 5) is 90.4. The van der Waals surface area contributed by atoms with Crippen LogP contribution in [-0.2, 0) is 39.3 Å². The molecule has 0 fully saturated rings. The van der Waals surface area contributed by atoms with E-state index in [1.165, 1.54) is 48.5 Å². The molecule has 284 valence electrons. The lowest BCUT2D eigenvalue weighted by Gasteiger charge is -2.24. The number of aromatic nitrogens is 5. The molecule has 18 nitrogen and oxygen atoms in total. The Kier molecular flexibility index (Phi) is 10.2. The topological polar surface area (TPSA) is 275 Å². The standard InChI is InChI=1S/C38H33N9O9/c39-1-2-40-34(48)19-3-24-13-46-15-26-5-20(35(49)50)9-30(42-26)32-11-22(37(53)54)7-28(44-32)17-47(14-25(4-19)41-24)18-29-8-23(38(55)56)12-33(45-29)31-10-21(36(51)52)6-27(16-46)43-31/h3-12H,1-2,13-18,39H2,(H,40,48)(H,49,50)(H,51,52)(H,53,54)(H,55,56). The lowest BCUT2D eigenvalue weighted by molar-refractivity contribution is 0.0685. The fourth-order valence-electron chi connectivity index (χ4n) is 6.63. The van der Waals surface area contributed by atoms with E-state index in [2.05, 4.69) is 5.32 Å². The summed E-state index contributed by atoms with van der Waals surface area (Å²) in [6.45, 7) is 0.246. The molecule has 0 radical (unpaired) electrons. The Bertz CT molecular complexity index is 2170. The highest BCUT2D eigenvalue weighted by atomic mass is 16.4. The van der Waals surface area contributed by atoms with Gasteiger partial charge in [0.05, 0.1) is 79.2 Å². The van der Waals surface area contributed by atoms with Crippen molar-refractivity contribution in [3.05, 3.63) is 123 Å². The minimum atomic E-state index is -1.26. The number of carbonyl (C=O) groups is 5. The van der Waals surface area contributed by atoms with Crippen molar-refractivity contribution in [1.29, 1.82) is 0 Å². The second-order valence-electron chi connectivity index (χ2n) is 13.3. The summed E-state index contributed by atoms with van der Waals surface area (Å²) in [6.07, 6.45) is 0. The van der Waals surface area contributed by atoms with E-state index in [1.807, 2.05) is 0 Å². The number of pyridine rings is 5. The summed E-state index contributed by atoms with van der Waals surface area (Å²) in [5.41, 5.74) is 7.56. The number of hydrogen-bond donors (Lipinski definition) is 6. The molecule has 5 aromatic heterocycles. The Labute approximate surface area is 317 Å². The highest BCUT2D eigenvalue weighted by Gasteiger charge is 2.24. The first-order valence-corrected chi connectivity index (χ1v) is 17.2. The fourth-order valence-corrected chi connectivity index (χ4v) is 6.63. The molecule has 7 rings (SSSR count). The number of carboxylic acids is 4. The predicted molar refractivity (Wildman–Crippen MR) is 194 cm³/mol. The highest BCUT2D eigenvalue weighted by molar-refractivity contribution is 5.94. The zero-order valence-corrected chi connectivity index (χ0v) is 29.5. The molecule has 12 bridgehead atoms. The largest absolute Gasteiger partial charge is 0.478 e. The van der Waals surface area contributed by atoms with Crippen molar-refractivity contribution < 1.29 is 44.4 Å². The average molecular weight is 760 g/mol. The molecule has 2 aliphatic heterocycles. The Hall–Kier alpha value is -7.02. The lowest BCUT2D eigenvalue weighted by Crippen LogP contribution is -2.30. The molecule has 2 aliphatic rings. The average Bonchev–Trinajstić information content (AvgIpc) is 3.15. The molecule has 7 heterocycles. The maximum Gasteiger partial charge on any atom is 0.335 e. The van der Waals surface area contributed by atoms with Gasteiger partial charge in [-0.2, -0.15) is 0 Å². The van der Waals surface area contributed by atoms with Crippen LogP contribution in [0.25, 0.3) is 22.8 Å². The molecule has 0 spiro atoms. The third-order valence-corrected chi connectivity index (χ3v) is 8.96. The first-order valence-electron chi connectivity index (χ1n) is 17.2. The number of fused-ring (bicyclic) bond motifs is 12. The van der Waals surface area contributed by atoms with Crippen LogP contribution in [0.5, 0.6) is 0 Å². The Balaban J connectivity index is 1.53. The molecule has 0 saturated heterocycles. The Morgan fingerprint density at radius 1 is 0.464 bits per heavy atom. The lowest BCUT2D eigenvalue weighted by atomic mass is 10.1. The molecule has 0 atom stereocenters. The highest BCUT2D eigenvalue weighted by Crippen LogP contribution is 2.27. The van der Waals surface area contributed by atoms with Gasteiger partial charge in [0.2, 0.25) is 0 Å². The van der Waals surface area contributed by atoms with Gasteiger partial charge in [-0.3, -0.25) is 19.6 Å². The van der Waals surface area contributed by atoms with E-state index in [0.717, 1.165) is 0 Å². The zero-order valence-electron chi connectivity index (χ0n) is 29.5. The number of aromatic carboxylic acids is 4. The smallest absolute Gasteiger partial charge is 0.335 e. The minimum absolute atomic E-state index is 0.0396.